The maximum Gasteiger partial charge on any atom is 0.329 e. The number of imidazole rings is 1. The third kappa shape index (κ3) is 2.28. The fourth-order valence-corrected chi connectivity index (χ4v) is 3.11. The Morgan fingerprint density at radius 2 is 1.91 bits per heavy atom. The van der Waals surface area contributed by atoms with Crippen molar-refractivity contribution in [2.45, 2.75) is 37.6 Å². The van der Waals surface area contributed by atoms with Crippen LogP contribution < -0.4 is 5.69 Å². The molecule has 0 spiro atoms. The zero-order valence-corrected chi connectivity index (χ0v) is 12.0. The average molecular weight is 311 g/mol. The van der Waals surface area contributed by atoms with Gasteiger partial charge in [0.05, 0.1) is 16.0 Å². The van der Waals surface area contributed by atoms with E-state index in [2.05, 4.69) is 0 Å². The van der Waals surface area contributed by atoms with E-state index in [-0.39, 0.29) is 43.1 Å². The van der Waals surface area contributed by atoms with Crippen molar-refractivity contribution in [3.8, 4) is 0 Å². The summed E-state index contributed by atoms with van der Waals surface area (Å²) < 4.78 is 29.4. The Balaban J connectivity index is 2.12. The van der Waals surface area contributed by atoms with Gasteiger partial charge in [0.15, 0.2) is 0 Å². The van der Waals surface area contributed by atoms with Crippen LogP contribution in [0.3, 0.4) is 0 Å². The molecule has 0 amide bonds. The average Bonchev–Trinajstić information content (AvgIpc) is 2.71. The van der Waals surface area contributed by atoms with Gasteiger partial charge in [0, 0.05) is 38.1 Å². The number of aromatic nitrogens is 2. The summed E-state index contributed by atoms with van der Waals surface area (Å²) in [7, 11) is 1.57. The van der Waals surface area contributed by atoms with E-state index in [0.717, 1.165) is 0 Å². The number of hydrogen-bond acceptors (Lipinski definition) is 3. The second-order valence-corrected chi connectivity index (χ2v) is 5.73. The number of rotatable bonds is 2. The minimum absolute atomic E-state index is 0.118. The van der Waals surface area contributed by atoms with Gasteiger partial charge < -0.3 is 0 Å². The number of aryl methyl sites for hydroxylation is 1. The molecule has 1 aliphatic rings. The Morgan fingerprint density at radius 1 is 1.27 bits per heavy atom. The summed E-state index contributed by atoms with van der Waals surface area (Å²) in [6.07, 6.45) is -0.158. The highest BCUT2D eigenvalue weighted by Gasteiger charge is 2.36. The van der Waals surface area contributed by atoms with Crippen molar-refractivity contribution in [1.82, 2.24) is 9.13 Å². The molecule has 0 bridgehead atoms. The minimum atomic E-state index is -2.68. The quantitative estimate of drug-likeness (QED) is 0.632. The van der Waals surface area contributed by atoms with Crippen LogP contribution in [0.1, 0.15) is 31.7 Å². The molecule has 1 aliphatic carbocycles. The van der Waals surface area contributed by atoms with Crippen LogP contribution in [-0.2, 0) is 7.05 Å². The molecule has 1 fully saturated rings. The molecule has 0 radical (unpaired) electrons. The van der Waals surface area contributed by atoms with Gasteiger partial charge in [0.2, 0.25) is 5.92 Å². The third-order valence-electron chi connectivity index (χ3n) is 4.34. The first-order valence-corrected chi connectivity index (χ1v) is 7.03. The number of nitro groups is 1. The highest BCUT2D eigenvalue weighted by molar-refractivity contribution is 5.79. The third-order valence-corrected chi connectivity index (χ3v) is 4.34. The first-order valence-electron chi connectivity index (χ1n) is 7.03. The van der Waals surface area contributed by atoms with Crippen molar-refractivity contribution in [3.63, 3.8) is 0 Å². The summed E-state index contributed by atoms with van der Waals surface area (Å²) in [5.41, 5.74) is 0.545. The number of non-ortho nitro benzene ring substituents is 1. The van der Waals surface area contributed by atoms with Crippen LogP contribution in [0.25, 0.3) is 11.0 Å². The van der Waals surface area contributed by atoms with E-state index >= 15 is 0 Å². The summed E-state index contributed by atoms with van der Waals surface area (Å²) >= 11 is 0. The molecule has 0 N–H and O–H groups in total. The molecule has 0 aliphatic heterocycles. The van der Waals surface area contributed by atoms with Crippen molar-refractivity contribution in [1.29, 1.82) is 0 Å². The van der Waals surface area contributed by atoms with E-state index in [1.54, 1.807) is 7.05 Å². The molecule has 0 saturated heterocycles. The van der Waals surface area contributed by atoms with Crippen LogP contribution in [0.15, 0.2) is 23.0 Å². The number of fused-ring (bicyclic) bond motifs is 1. The van der Waals surface area contributed by atoms with Crippen LogP contribution in [-0.4, -0.2) is 20.0 Å². The zero-order valence-electron chi connectivity index (χ0n) is 12.0. The lowest BCUT2D eigenvalue weighted by Gasteiger charge is -2.28. The molecule has 6 nitrogen and oxygen atoms in total. The highest BCUT2D eigenvalue weighted by Crippen LogP contribution is 2.39. The molecule has 3 rings (SSSR count). The molecular formula is C14H15F2N3O3. The van der Waals surface area contributed by atoms with Crippen LogP contribution >= 0.6 is 0 Å². The van der Waals surface area contributed by atoms with Crippen molar-refractivity contribution in [3.05, 3.63) is 38.8 Å². The van der Waals surface area contributed by atoms with Gasteiger partial charge in [-0.3, -0.25) is 19.2 Å². The smallest absolute Gasteiger partial charge is 0.295 e. The molecule has 1 heterocycles. The number of nitro benzene ring substituents is 1. The maximum atomic E-state index is 13.3. The Kier molecular flexibility index (Phi) is 3.26. The summed E-state index contributed by atoms with van der Waals surface area (Å²) in [6.45, 7) is 0. The van der Waals surface area contributed by atoms with E-state index in [4.69, 9.17) is 0 Å². The van der Waals surface area contributed by atoms with Gasteiger partial charge in [0.25, 0.3) is 5.69 Å². The van der Waals surface area contributed by atoms with Gasteiger partial charge in [0.1, 0.15) is 0 Å². The second kappa shape index (κ2) is 4.89. The lowest BCUT2D eigenvalue weighted by Crippen LogP contribution is -2.32. The fourth-order valence-electron chi connectivity index (χ4n) is 3.11. The van der Waals surface area contributed by atoms with Crippen LogP contribution in [0.5, 0.6) is 0 Å². The highest BCUT2D eigenvalue weighted by atomic mass is 19.3. The Morgan fingerprint density at radius 3 is 2.50 bits per heavy atom. The number of halogens is 2. The van der Waals surface area contributed by atoms with Crippen molar-refractivity contribution in [2.75, 3.05) is 0 Å². The largest absolute Gasteiger partial charge is 0.329 e. The molecular weight excluding hydrogens is 296 g/mol. The molecule has 8 heteroatoms. The Bertz CT molecular complexity index is 800. The van der Waals surface area contributed by atoms with Gasteiger partial charge in [-0.15, -0.1) is 0 Å². The van der Waals surface area contributed by atoms with E-state index < -0.39 is 10.8 Å². The van der Waals surface area contributed by atoms with Gasteiger partial charge >= 0.3 is 5.69 Å². The number of nitrogens with zero attached hydrogens (tertiary/aromatic N) is 3. The van der Waals surface area contributed by atoms with Crippen LogP contribution in [0.4, 0.5) is 14.5 Å². The number of hydrogen-bond donors (Lipinski definition) is 0. The molecule has 2 aromatic rings. The summed E-state index contributed by atoms with van der Waals surface area (Å²) in [5, 5.41) is 10.9. The van der Waals surface area contributed by atoms with Gasteiger partial charge in [-0.2, -0.15) is 0 Å². The summed E-state index contributed by atoms with van der Waals surface area (Å²) in [4.78, 5) is 22.8. The molecule has 1 aromatic carbocycles. The standard InChI is InChI=1S/C14H15F2N3O3/c1-17-11-3-2-10(19(21)22)8-12(11)18(13(17)20)9-4-6-14(15,16)7-5-9/h2-3,8-9H,4-7H2,1H3. The normalized spacial score (nSPS) is 18.7. The van der Waals surface area contributed by atoms with Crippen LogP contribution in [0.2, 0.25) is 0 Å². The van der Waals surface area contributed by atoms with Crippen molar-refractivity contribution >= 4 is 16.7 Å². The maximum absolute atomic E-state index is 13.3. The predicted octanol–water partition coefficient (Wildman–Crippen LogP) is 3.00. The summed E-state index contributed by atoms with van der Waals surface area (Å²) in [5.74, 6) is -2.68. The molecule has 22 heavy (non-hydrogen) atoms. The number of alkyl halides is 2. The molecule has 1 saturated carbocycles. The topological polar surface area (TPSA) is 70.1 Å². The Labute approximate surface area is 124 Å². The molecule has 0 atom stereocenters. The van der Waals surface area contributed by atoms with Gasteiger partial charge in [-0.1, -0.05) is 0 Å². The molecule has 118 valence electrons. The molecule has 1 aromatic heterocycles. The van der Waals surface area contributed by atoms with Gasteiger partial charge in [-0.05, 0) is 18.9 Å². The molecule has 0 unspecified atom stereocenters. The first-order chi connectivity index (χ1) is 10.3. The minimum Gasteiger partial charge on any atom is -0.295 e. The predicted molar refractivity (Wildman–Crippen MR) is 76.3 cm³/mol. The summed E-state index contributed by atoms with van der Waals surface area (Å²) in [6, 6.07) is 3.84. The van der Waals surface area contributed by atoms with E-state index in [1.165, 1.54) is 27.3 Å². The van der Waals surface area contributed by atoms with E-state index in [1.807, 2.05) is 0 Å². The number of benzene rings is 1. The SMILES string of the molecule is Cn1c(=O)n(C2CCC(F)(F)CC2)c2cc([N+](=O)[O-])ccc21. The fraction of sp³-hybridized carbons (Fsp3) is 0.500. The van der Waals surface area contributed by atoms with Crippen LogP contribution in [0, 0.1) is 10.1 Å². The van der Waals surface area contributed by atoms with E-state index in [0.29, 0.717) is 11.0 Å². The second-order valence-electron chi connectivity index (χ2n) is 5.73. The lowest BCUT2D eigenvalue weighted by atomic mass is 9.92. The lowest BCUT2D eigenvalue weighted by molar-refractivity contribution is -0.384. The van der Waals surface area contributed by atoms with Crippen molar-refractivity contribution < 1.29 is 13.7 Å². The first kappa shape index (κ1) is 14.7. The monoisotopic (exact) mass is 311 g/mol. The zero-order chi connectivity index (χ0) is 16.1. The van der Waals surface area contributed by atoms with Gasteiger partial charge in [-0.25, -0.2) is 13.6 Å². The Hall–Kier alpha value is -2.25. The van der Waals surface area contributed by atoms with E-state index in [9.17, 15) is 23.7 Å². The van der Waals surface area contributed by atoms with Crippen molar-refractivity contribution in [2.24, 2.45) is 7.05 Å².